The number of benzene rings is 1. The van der Waals surface area contributed by atoms with Crippen LogP contribution in [0.25, 0.3) is 10.9 Å². The molecule has 6 heteroatoms. The average Bonchev–Trinajstić information content (AvgIpc) is 2.84. The van der Waals surface area contributed by atoms with Gasteiger partial charge >= 0.3 is 5.97 Å². The SMILES string of the molecule is O=C(O)C1CCCN(C(=O)c2[nH]c3ccccc3c2Br)C1. The van der Waals surface area contributed by atoms with Crippen molar-refractivity contribution in [3.63, 3.8) is 0 Å². The van der Waals surface area contributed by atoms with Crippen molar-refractivity contribution >= 4 is 38.7 Å². The Kier molecular flexibility index (Phi) is 3.71. The van der Waals surface area contributed by atoms with Crippen molar-refractivity contribution in [3.8, 4) is 0 Å². The minimum atomic E-state index is -0.830. The third-order valence-corrected chi connectivity index (χ3v) is 4.74. The largest absolute Gasteiger partial charge is 0.481 e. The Hall–Kier alpha value is -1.82. The number of rotatable bonds is 2. The van der Waals surface area contributed by atoms with Gasteiger partial charge in [0.15, 0.2) is 0 Å². The van der Waals surface area contributed by atoms with Gasteiger partial charge in [-0.1, -0.05) is 18.2 Å². The van der Waals surface area contributed by atoms with Crippen LogP contribution in [-0.4, -0.2) is 40.0 Å². The fraction of sp³-hybridized carbons (Fsp3) is 0.333. The van der Waals surface area contributed by atoms with E-state index in [9.17, 15) is 9.59 Å². The molecular formula is C15H15BrN2O3. The van der Waals surface area contributed by atoms with Crippen LogP contribution in [0.1, 0.15) is 23.3 Å². The predicted molar refractivity (Wildman–Crippen MR) is 82.3 cm³/mol. The molecule has 0 bridgehead atoms. The summed E-state index contributed by atoms with van der Waals surface area (Å²) in [5, 5.41) is 10.1. The lowest BCUT2D eigenvalue weighted by atomic mass is 9.98. The van der Waals surface area contributed by atoms with Gasteiger partial charge in [-0.15, -0.1) is 0 Å². The van der Waals surface area contributed by atoms with Crippen molar-refractivity contribution < 1.29 is 14.7 Å². The number of aromatic amines is 1. The van der Waals surface area contributed by atoms with Gasteiger partial charge in [0.05, 0.1) is 10.4 Å². The number of nitrogens with zero attached hydrogens (tertiary/aromatic N) is 1. The number of hydrogen-bond donors (Lipinski definition) is 2. The number of para-hydroxylation sites is 1. The van der Waals surface area contributed by atoms with E-state index in [2.05, 4.69) is 20.9 Å². The molecular weight excluding hydrogens is 336 g/mol. The Morgan fingerprint density at radius 1 is 1.33 bits per heavy atom. The van der Waals surface area contributed by atoms with Crippen molar-refractivity contribution in [2.75, 3.05) is 13.1 Å². The zero-order chi connectivity index (χ0) is 15.0. The van der Waals surface area contributed by atoms with E-state index in [0.717, 1.165) is 21.8 Å². The highest BCUT2D eigenvalue weighted by atomic mass is 79.9. The first-order valence-electron chi connectivity index (χ1n) is 6.86. The van der Waals surface area contributed by atoms with Gasteiger partial charge in [-0.2, -0.15) is 0 Å². The van der Waals surface area contributed by atoms with Crippen molar-refractivity contribution in [2.24, 2.45) is 5.92 Å². The van der Waals surface area contributed by atoms with Crippen LogP contribution in [-0.2, 0) is 4.79 Å². The number of amides is 1. The number of carbonyl (C=O) groups is 2. The topological polar surface area (TPSA) is 73.4 Å². The molecule has 0 aliphatic carbocycles. The Labute approximate surface area is 130 Å². The van der Waals surface area contributed by atoms with Crippen LogP contribution >= 0.6 is 15.9 Å². The first-order chi connectivity index (χ1) is 10.1. The minimum absolute atomic E-state index is 0.149. The van der Waals surface area contributed by atoms with Crippen LogP contribution in [0.5, 0.6) is 0 Å². The quantitative estimate of drug-likeness (QED) is 0.874. The van der Waals surface area contributed by atoms with Crippen molar-refractivity contribution in [2.45, 2.75) is 12.8 Å². The lowest BCUT2D eigenvalue weighted by molar-refractivity contribution is -0.143. The predicted octanol–water partition coefficient (Wildman–Crippen LogP) is 2.87. The van der Waals surface area contributed by atoms with Crippen LogP contribution in [0.4, 0.5) is 0 Å². The third kappa shape index (κ3) is 2.55. The molecule has 5 nitrogen and oxygen atoms in total. The number of aliphatic carboxylic acids is 1. The molecule has 0 spiro atoms. The number of hydrogen-bond acceptors (Lipinski definition) is 2. The van der Waals surface area contributed by atoms with E-state index >= 15 is 0 Å². The van der Waals surface area contributed by atoms with Gasteiger partial charge in [-0.05, 0) is 34.8 Å². The molecule has 21 heavy (non-hydrogen) atoms. The maximum absolute atomic E-state index is 12.6. The molecule has 1 amide bonds. The molecule has 0 saturated carbocycles. The first-order valence-corrected chi connectivity index (χ1v) is 7.65. The van der Waals surface area contributed by atoms with Crippen molar-refractivity contribution in [1.29, 1.82) is 0 Å². The fourth-order valence-electron chi connectivity index (χ4n) is 2.78. The highest BCUT2D eigenvalue weighted by molar-refractivity contribution is 9.10. The Bertz CT molecular complexity index is 710. The summed E-state index contributed by atoms with van der Waals surface area (Å²) in [6.07, 6.45) is 1.35. The standard InChI is InChI=1S/C15H15BrN2O3/c16-12-10-5-1-2-6-11(10)17-13(12)14(19)18-7-3-4-9(8-18)15(20)21/h1-2,5-6,9,17H,3-4,7-8H2,(H,20,21). The number of carbonyl (C=O) groups excluding carboxylic acids is 1. The van der Waals surface area contributed by atoms with Crippen LogP contribution in [0.2, 0.25) is 0 Å². The van der Waals surface area contributed by atoms with Gasteiger partial charge in [0.2, 0.25) is 0 Å². The fourth-order valence-corrected chi connectivity index (χ4v) is 3.39. The van der Waals surface area contributed by atoms with E-state index in [1.807, 2.05) is 24.3 Å². The molecule has 1 atom stereocenters. The molecule has 110 valence electrons. The summed E-state index contributed by atoms with van der Waals surface area (Å²) in [4.78, 5) is 28.5. The molecule has 1 aliphatic rings. The summed E-state index contributed by atoms with van der Waals surface area (Å²) >= 11 is 3.47. The second kappa shape index (κ2) is 5.52. The van der Waals surface area contributed by atoms with Crippen LogP contribution in [0.3, 0.4) is 0 Å². The van der Waals surface area contributed by atoms with E-state index in [1.54, 1.807) is 4.90 Å². The Balaban J connectivity index is 1.90. The van der Waals surface area contributed by atoms with Gasteiger partial charge in [-0.3, -0.25) is 9.59 Å². The van der Waals surface area contributed by atoms with Gasteiger partial charge in [0.25, 0.3) is 5.91 Å². The third-order valence-electron chi connectivity index (χ3n) is 3.91. The second-order valence-electron chi connectivity index (χ2n) is 5.29. The highest BCUT2D eigenvalue weighted by Gasteiger charge is 2.30. The average molecular weight is 351 g/mol. The van der Waals surface area contributed by atoms with Crippen LogP contribution < -0.4 is 0 Å². The first kappa shape index (κ1) is 14.1. The number of H-pyrrole nitrogens is 1. The van der Waals surface area contributed by atoms with Crippen LogP contribution in [0, 0.1) is 5.92 Å². The Morgan fingerprint density at radius 3 is 2.81 bits per heavy atom. The maximum Gasteiger partial charge on any atom is 0.308 e. The summed E-state index contributed by atoms with van der Waals surface area (Å²) in [5.41, 5.74) is 1.38. The second-order valence-corrected chi connectivity index (χ2v) is 6.08. The number of piperidine rings is 1. The van der Waals surface area contributed by atoms with E-state index in [0.29, 0.717) is 18.7 Å². The van der Waals surface area contributed by atoms with E-state index in [4.69, 9.17) is 5.11 Å². The molecule has 1 saturated heterocycles. The van der Waals surface area contributed by atoms with E-state index in [1.165, 1.54) is 0 Å². The zero-order valence-electron chi connectivity index (χ0n) is 11.3. The van der Waals surface area contributed by atoms with E-state index in [-0.39, 0.29) is 12.5 Å². The summed E-state index contributed by atoms with van der Waals surface area (Å²) in [6.45, 7) is 0.875. The normalized spacial score (nSPS) is 18.9. The smallest absolute Gasteiger partial charge is 0.308 e. The molecule has 2 aromatic rings. The zero-order valence-corrected chi connectivity index (χ0v) is 12.9. The molecule has 1 aromatic heterocycles. The molecule has 2 heterocycles. The lowest BCUT2D eigenvalue weighted by Gasteiger charge is -2.30. The summed E-state index contributed by atoms with van der Waals surface area (Å²) in [5.74, 6) is -1.45. The summed E-state index contributed by atoms with van der Waals surface area (Å²) in [6, 6.07) is 7.66. The molecule has 1 fully saturated rings. The lowest BCUT2D eigenvalue weighted by Crippen LogP contribution is -2.42. The Morgan fingerprint density at radius 2 is 2.10 bits per heavy atom. The maximum atomic E-state index is 12.6. The molecule has 3 rings (SSSR count). The van der Waals surface area contributed by atoms with E-state index < -0.39 is 11.9 Å². The monoisotopic (exact) mass is 350 g/mol. The van der Waals surface area contributed by atoms with Gasteiger partial charge in [0.1, 0.15) is 5.69 Å². The molecule has 1 unspecified atom stereocenters. The number of nitrogens with one attached hydrogen (secondary N) is 1. The molecule has 1 aromatic carbocycles. The number of fused-ring (bicyclic) bond motifs is 1. The minimum Gasteiger partial charge on any atom is -0.481 e. The number of likely N-dealkylation sites (tertiary alicyclic amines) is 1. The molecule has 1 aliphatic heterocycles. The van der Waals surface area contributed by atoms with Gasteiger partial charge < -0.3 is 15.0 Å². The van der Waals surface area contributed by atoms with Crippen molar-refractivity contribution in [1.82, 2.24) is 9.88 Å². The van der Waals surface area contributed by atoms with Gasteiger partial charge in [-0.25, -0.2) is 0 Å². The number of aromatic nitrogens is 1. The summed E-state index contributed by atoms with van der Waals surface area (Å²) in [7, 11) is 0. The van der Waals surface area contributed by atoms with Crippen LogP contribution in [0.15, 0.2) is 28.7 Å². The van der Waals surface area contributed by atoms with Crippen molar-refractivity contribution in [3.05, 3.63) is 34.4 Å². The molecule has 0 radical (unpaired) electrons. The number of carboxylic acids is 1. The molecule has 2 N–H and O–H groups in total. The number of carboxylic acid groups (broad SMARTS) is 1. The highest BCUT2D eigenvalue weighted by Crippen LogP contribution is 2.29. The summed E-state index contributed by atoms with van der Waals surface area (Å²) < 4.78 is 0.737. The van der Waals surface area contributed by atoms with Gasteiger partial charge in [0, 0.05) is 24.0 Å². The number of halogens is 1.